The standard InChI is InChI=1S/C20H21F3N2O4S/c1-29-16-8-5-13(10-17(18(24)26)30(2)28)9-15(16)19(27)25-11-12-3-6-14(7-4-12)20(21,22)23/h3-9,17H,10-11H2,1-2H3,(H2,24,26)(H,25,27). The van der Waals surface area contributed by atoms with Crippen LogP contribution in [0.1, 0.15) is 27.0 Å². The molecule has 0 radical (unpaired) electrons. The summed E-state index contributed by atoms with van der Waals surface area (Å²) in [5, 5.41) is 1.72. The molecule has 2 unspecified atom stereocenters. The third-order valence-electron chi connectivity index (χ3n) is 4.38. The number of halogens is 3. The number of alkyl halides is 3. The molecule has 2 aromatic rings. The van der Waals surface area contributed by atoms with Crippen molar-refractivity contribution in [3.8, 4) is 5.75 Å². The lowest BCUT2D eigenvalue weighted by atomic mass is 10.0. The molecule has 0 heterocycles. The van der Waals surface area contributed by atoms with Gasteiger partial charge >= 0.3 is 6.18 Å². The first kappa shape index (κ1) is 23.4. The van der Waals surface area contributed by atoms with E-state index in [1.165, 1.54) is 31.6 Å². The SMILES string of the molecule is COc1ccc(CC(C(N)=O)S(C)=O)cc1C(=O)NCc1ccc(C(F)(F)F)cc1. The lowest BCUT2D eigenvalue weighted by molar-refractivity contribution is -0.137. The van der Waals surface area contributed by atoms with Gasteiger partial charge in [-0.1, -0.05) is 18.2 Å². The second kappa shape index (κ2) is 9.75. The van der Waals surface area contributed by atoms with Gasteiger partial charge < -0.3 is 15.8 Å². The van der Waals surface area contributed by atoms with Crippen LogP contribution in [-0.2, 0) is 34.7 Å². The van der Waals surface area contributed by atoms with Crippen LogP contribution in [0.5, 0.6) is 5.75 Å². The van der Waals surface area contributed by atoms with E-state index in [9.17, 15) is 27.0 Å². The fourth-order valence-corrected chi connectivity index (χ4v) is 3.50. The molecule has 0 bridgehead atoms. The van der Waals surface area contributed by atoms with Crippen LogP contribution in [0.15, 0.2) is 42.5 Å². The van der Waals surface area contributed by atoms with Crippen LogP contribution in [0, 0.1) is 0 Å². The molecule has 3 N–H and O–H groups in total. The summed E-state index contributed by atoms with van der Waals surface area (Å²) in [5.74, 6) is -0.946. The van der Waals surface area contributed by atoms with E-state index in [1.54, 1.807) is 12.1 Å². The average Bonchev–Trinajstić information content (AvgIpc) is 2.69. The minimum absolute atomic E-state index is 0.00718. The van der Waals surface area contributed by atoms with Gasteiger partial charge in [-0.15, -0.1) is 0 Å². The summed E-state index contributed by atoms with van der Waals surface area (Å²) in [5.41, 5.74) is 5.73. The van der Waals surface area contributed by atoms with Gasteiger partial charge in [0.25, 0.3) is 5.91 Å². The summed E-state index contributed by atoms with van der Waals surface area (Å²) in [4.78, 5) is 24.1. The summed E-state index contributed by atoms with van der Waals surface area (Å²) in [6.07, 6.45) is -2.97. The quantitative estimate of drug-likeness (QED) is 0.656. The lowest BCUT2D eigenvalue weighted by Crippen LogP contribution is -2.34. The zero-order valence-corrected chi connectivity index (χ0v) is 17.1. The third kappa shape index (κ3) is 6.06. The maximum absolute atomic E-state index is 12.6. The Morgan fingerprint density at radius 3 is 2.23 bits per heavy atom. The molecule has 30 heavy (non-hydrogen) atoms. The molecule has 2 aromatic carbocycles. The van der Waals surface area contributed by atoms with Gasteiger partial charge in [-0.2, -0.15) is 13.2 Å². The van der Waals surface area contributed by atoms with Crippen molar-refractivity contribution in [3.05, 3.63) is 64.7 Å². The first-order valence-electron chi connectivity index (χ1n) is 8.75. The molecule has 2 amide bonds. The molecule has 10 heteroatoms. The lowest BCUT2D eigenvalue weighted by Gasteiger charge is -2.14. The number of hydrogen-bond donors (Lipinski definition) is 2. The Bertz CT molecular complexity index is 932. The summed E-state index contributed by atoms with van der Waals surface area (Å²) in [6.45, 7) is 0.00718. The van der Waals surface area contributed by atoms with Crippen molar-refractivity contribution in [3.63, 3.8) is 0 Å². The fourth-order valence-electron chi connectivity index (χ4n) is 2.74. The van der Waals surface area contributed by atoms with Gasteiger partial charge in [-0.3, -0.25) is 13.8 Å². The van der Waals surface area contributed by atoms with Crippen LogP contribution in [0.4, 0.5) is 13.2 Å². The molecule has 0 saturated heterocycles. The largest absolute Gasteiger partial charge is 0.496 e. The molecular weight excluding hydrogens is 421 g/mol. The first-order valence-corrected chi connectivity index (χ1v) is 10.4. The number of nitrogens with two attached hydrogens (primary N) is 1. The highest BCUT2D eigenvalue weighted by atomic mass is 32.2. The maximum Gasteiger partial charge on any atom is 0.416 e. The minimum Gasteiger partial charge on any atom is -0.496 e. The number of amides is 2. The van der Waals surface area contributed by atoms with E-state index in [2.05, 4.69) is 5.32 Å². The molecule has 2 rings (SSSR count). The summed E-state index contributed by atoms with van der Waals surface area (Å²) < 4.78 is 54.8. The predicted octanol–water partition coefficient (Wildman–Crippen LogP) is 2.42. The molecule has 0 fully saturated rings. The second-order valence-corrected chi connectivity index (χ2v) is 8.07. The molecule has 6 nitrogen and oxygen atoms in total. The van der Waals surface area contributed by atoms with E-state index in [1.807, 2.05) is 0 Å². The van der Waals surface area contributed by atoms with E-state index < -0.39 is 39.6 Å². The molecule has 0 aliphatic heterocycles. The van der Waals surface area contributed by atoms with E-state index in [-0.39, 0.29) is 24.3 Å². The Hall–Kier alpha value is -2.88. The first-order chi connectivity index (χ1) is 14.0. The van der Waals surface area contributed by atoms with Crippen LogP contribution in [-0.4, -0.2) is 34.6 Å². The molecule has 0 spiro atoms. The van der Waals surface area contributed by atoms with Gasteiger partial charge in [0.1, 0.15) is 11.0 Å². The average molecular weight is 442 g/mol. The molecular formula is C20H21F3N2O4S. The third-order valence-corrected chi connectivity index (χ3v) is 5.58. The van der Waals surface area contributed by atoms with E-state index in [4.69, 9.17) is 10.5 Å². The topological polar surface area (TPSA) is 98.5 Å². The Morgan fingerprint density at radius 2 is 1.73 bits per heavy atom. The van der Waals surface area contributed by atoms with Crippen LogP contribution in [0.2, 0.25) is 0 Å². The highest BCUT2D eigenvalue weighted by molar-refractivity contribution is 7.85. The smallest absolute Gasteiger partial charge is 0.416 e. The Labute approximate surface area is 174 Å². The summed E-state index contributed by atoms with van der Waals surface area (Å²) in [6, 6.07) is 9.13. The number of carbonyl (C=O) groups excluding carboxylic acids is 2. The minimum atomic E-state index is -4.43. The van der Waals surface area contributed by atoms with Crippen molar-refractivity contribution in [1.82, 2.24) is 5.32 Å². The summed E-state index contributed by atoms with van der Waals surface area (Å²) in [7, 11) is -0.0977. The molecule has 2 atom stereocenters. The highest BCUT2D eigenvalue weighted by Gasteiger charge is 2.30. The number of carbonyl (C=O) groups is 2. The van der Waals surface area contributed by atoms with Crippen molar-refractivity contribution < 1.29 is 31.7 Å². The number of nitrogens with one attached hydrogen (secondary N) is 1. The van der Waals surface area contributed by atoms with Crippen LogP contribution >= 0.6 is 0 Å². The van der Waals surface area contributed by atoms with Crippen LogP contribution in [0.25, 0.3) is 0 Å². The highest BCUT2D eigenvalue weighted by Crippen LogP contribution is 2.29. The number of methoxy groups -OCH3 is 1. The summed E-state index contributed by atoms with van der Waals surface area (Å²) >= 11 is 0. The molecule has 0 aliphatic carbocycles. The van der Waals surface area contributed by atoms with Gasteiger partial charge in [0.05, 0.1) is 18.2 Å². The van der Waals surface area contributed by atoms with Gasteiger partial charge in [-0.05, 0) is 41.8 Å². The fraction of sp³-hybridized carbons (Fsp3) is 0.300. The molecule has 0 aromatic heterocycles. The van der Waals surface area contributed by atoms with Crippen molar-refractivity contribution in [2.24, 2.45) is 5.73 Å². The molecule has 0 aliphatic rings. The Kier molecular flexibility index (Phi) is 7.60. The Morgan fingerprint density at radius 1 is 1.13 bits per heavy atom. The van der Waals surface area contributed by atoms with E-state index >= 15 is 0 Å². The van der Waals surface area contributed by atoms with Crippen molar-refractivity contribution in [2.45, 2.75) is 24.4 Å². The number of benzene rings is 2. The van der Waals surface area contributed by atoms with Gasteiger partial charge in [-0.25, -0.2) is 0 Å². The molecule has 0 saturated carbocycles. The zero-order chi connectivity index (χ0) is 22.5. The van der Waals surface area contributed by atoms with E-state index in [0.717, 1.165) is 12.1 Å². The van der Waals surface area contributed by atoms with Crippen molar-refractivity contribution in [1.29, 1.82) is 0 Å². The second-order valence-electron chi connectivity index (χ2n) is 6.51. The zero-order valence-electron chi connectivity index (χ0n) is 16.3. The van der Waals surface area contributed by atoms with Crippen LogP contribution < -0.4 is 15.8 Å². The monoisotopic (exact) mass is 442 g/mol. The predicted molar refractivity (Wildman–Crippen MR) is 106 cm³/mol. The van der Waals surface area contributed by atoms with Gasteiger partial charge in [0.2, 0.25) is 5.91 Å². The van der Waals surface area contributed by atoms with Gasteiger partial charge in [0.15, 0.2) is 0 Å². The normalized spacial score (nSPS) is 13.4. The Balaban J connectivity index is 2.15. The number of hydrogen-bond acceptors (Lipinski definition) is 4. The number of ether oxygens (including phenoxy) is 1. The maximum atomic E-state index is 12.6. The van der Waals surface area contributed by atoms with Gasteiger partial charge in [0, 0.05) is 23.6 Å². The number of rotatable bonds is 8. The van der Waals surface area contributed by atoms with Crippen LogP contribution in [0.3, 0.4) is 0 Å². The van der Waals surface area contributed by atoms with Crippen molar-refractivity contribution >= 4 is 22.6 Å². The molecule has 162 valence electrons. The van der Waals surface area contributed by atoms with E-state index in [0.29, 0.717) is 11.1 Å². The number of primary amides is 1. The van der Waals surface area contributed by atoms with Crippen molar-refractivity contribution in [2.75, 3.05) is 13.4 Å².